The molecule has 3 N–H and O–H groups in total. The second kappa shape index (κ2) is 7.27. The monoisotopic (exact) mass is 356 g/mol. The van der Waals surface area contributed by atoms with E-state index in [1.165, 1.54) is 11.1 Å². The minimum Gasteiger partial charge on any atom is -0.366 e. The number of rotatable bonds is 4. The van der Waals surface area contributed by atoms with Crippen LogP contribution in [-0.2, 0) is 5.41 Å². The Kier molecular flexibility index (Phi) is 5.23. The van der Waals surface area contributed by atoms with Gasteiger partial charge in [0.1, 0.15) is 0 Å². The molecular formula is C20H32N6. The summed E-state index contributed by atoms with van der Waals surface area (Å²) < 4.78 is 0. The highest BCUT2D eigenvalue weighted by atomic mass is 15.4. The van der Waals surface area contributed by atoms with Crippen LogP contribution in [0.4, 0.5) is 11.9 Å². The molecule has 1 fully saturated rings. The molecule has 1 atom stereocenters. The van der Waals surface area contributed by atoms with Crippen molar-refractivity contribution in [2.24, 2.45) is 0 Å². The first-order valence-electron chi connectivity index (χ1n) is 9.51. The number of benzene rings is 1. The van der Waals surface area contributed by atoms with E-state index in [2.05, 4.69) is 84.0 Å². The van der Waals surface area contributed by atoms with E-state index >= 15 is 0 Å². The maximum atomic E-state index is 5.61. The third-order valence-corrected chi connectivity index (χ3v) is 5.70. The van der Waals surface area contributed by atoms with Crippen molar-refractivity contribution in [2.45, 2.75) is 58.0 Å². The van der Waals surface area contributed by atoms with Gasteiger partial charge in [-0.1, -0.05) is 45.0 Å². The number of nitrogen functional groups attached to an aromatic ring is 1. The largest absolute Gasteiger partial charge is 0.366 e. The highest BCUT2D eigenvalue weighted by Crippen LogP contribution is 2.29. The summed E-state index contributed by atoms with van der Waals surface area (Å²) in [6.45, 7) is 11.0. The van der Waals surface area contributed by atoms with Crippen LogP contribution in [0, 0.1) is 0 Å². The molecule has 0 bridgehead atoms. The molecule has 1 aromatic carbocycles. The van der Waals surface area contributed by atoms with Crippen molar-refractivity contribution in [1.29, 1.82) is 0 Å². The number of aromatic nitrogens is 3. The minimum absolute atomic E-state index is 0.199. The van der Waals surface area contributed by atoms with Gasteiger partial charge in [-0.3, -0.25) is 4.90 Å². The standard InChI is InChI=1S/C20H32N6/c1-14(15-6-8-16(9-7-15)20(2,3)4)25(5)17-10-12-26(13-11-17)19-22-18(21)23-24-19/h6-9,14,17H,10-13H2,1-5H3,(H3,21,22,23,24). The van der Waals surface area contributed by atoms with Crippen LogP contribution in [0.25, 0.3) is 0 Å². The fourth-order valence-corrected chi connectivity index (χ4v) is 3.71. The number of aromatic amines is 1. The van der Waals surface area contributed by atoms with Gasteiger partial charge in [0.15, 0.2) is 0 Å². The maximum absolute atomic E-state index is 5.61. The third kappa shape index (κ3) is 4.01. The first-order valence-corrected chi connectivity index (χ1v) is 9.51. The van der Waals surface area contributed by atoms with E-state index in [-0.39, 0.29) is 5.41 Å². The number of nitrogens with zero attached hydrogens (tertiary/aromatic N) is 4. The molecule has 1 aromatic heterocycles. The van der Waals surface area contributed by atoms with E-state index in [1.807, 2.05) is 0 Å². The van der Waals surface area contributed by atoms with E-state index in [4.69, 9.17) is 5.73 Å². The molecular weight excluding hydrogens is 324 g/mol. The molecule has 0 aliphatic carbocycles. The Morgan fingerprint density at radius 1 is 1.19 bits per heavy atom. The summed E-state index contributed by atoms with van der Waals surface area (Å²) in [5.74, 6) is 1.10. The van der Waals surface area contributed by atoms with Gasteiger partial charge in [-0.05, 0) is 43.4 Å². The molecule has 0 saturated carbocycles. The van der Waals surface area contributed by atoms with E-state index in [9.17, 15) is 0 Å². The molecule has 1 aliphatic rings. The molecule has 0 spiro atoms. The van der Waals surface area contributed by atoms with Crippen molar-refractivity contribution in [1.82, 2.24) is 20.1 Å². The lowest BCUT2D eigenvalue weighted by Gasteiger charge is -2.39. The summed E-state index contributed by atoms with van der Waals surface area (Å²) in [6.07, 6.45) is 2.23. The van der Waals surface area contributed by atoms with Crippen LogP contribution in [0.3, 0.4) is 0 Å². The molecule has 1 unspecified atom stereocenters. The fraction of sp³-hybridized carbons (Fsp3) is 0.600. The van der Waals surface area contributed by atoms with Gasteiger partial charge >= 0.3 is 0 Å². The van der Waals surface area contributed by atoms with Gasteiger partial charge < -0.3 is 10.6 Å². The number of piperidine rings is 1. The lowest BCUT2D eigenvalue weighted by Crippen LogP contribution is -2.44. The average Bonchev–Trinajstić information content (AvgIpc) is 3.06. The molecule has 1 saturated heterocycles. The smallest absolute Gasteiger partial charge is 0.241 e. The van der Waals surface area contributed by atoms with Crippen molar-refractivity contribution >= 4 is 11.9 Å². The normalized spacial score (nSPS) is 17.7. The van der Waals surface area contributed by atoms with Crippen LogP contribution in [0.15, 0.2) is 24.3 Å². The van der Waals surface area contributed by atoms with Gasteiger partial charge in [0.25, 0.3) is 0 Å². The summed E-state index contributed by atoms with van der Waals surface area (Å²) in [5, 5.41) is 6.84. The van der Waals surface area contributed by atoms with E-state index in [1.54, 1.807) is 0 Å². The highest BCUT2D eigenvalue weighted by Gasteiger charge is 2.27. The summed E-state index contributed by atoms with van der Waals surface area (Å²) in [4.78, 5) is 8.98. The molecule has 0 radical (unpaired) electrons. The van der Waals surface area contributed by atoms with Gasteiger partial charge in [-0.15, -0.1) is 5.10 Å². The Balaban J connectivity index is 1.60. The minimum atomic E-state index is 0.199. The van der Waals surface area contributed by atoms with E-state index in [0.29, 0.717) is 18.0 Å². The Bertz CT molecular complexity index is 707. The fourth-order valence-electron chi connectivity index (χ4n) is 3.71. The summed E-state index contributed by atoms with van der Waals surface area (Å²) in [6, 6.07) is 10.1. The maximum Gasteiger partial charge on any atom is 0.241 e. The molecule has 6 heteroatoms. The number of anilines is 2. The molecule has 0 amide bonds. The Labute approximate surface area is 156 Å². The zero-order chi connectivity index (χ0) is 18.9. The Morgan fingerprint density at radius 2 is 1.81 bits per heavy atom. The number of nitrogens with one attached hydrogen (secondary N) is 1. The number of hydrogen-bond donors (Lipinski definition) is 2. The van der Waals surface area contributed by atoms with Gasteiger partial charge in [-0.25, -0.2) is 5.10 Å². The van der Waals surface area contributed by atoms with Gasteiger partial charge in [0.2, 0.25) is 11.9 Å². The summed E-state index contributed by atoms with van der Waals surface area (Å²) in [5.41, 5.74) is 8.58. The van der Waals surface area contributed by atoms with E-state index in [0.717, 1.165) is 31.9 Å². The van der Waals surface area contributed by atoms with Crippen LogP contribution in [0.5, 0.6) is 0 Å². The Morgan fingerprint density at radius 3 is 2.31 bits per heavy atom. The molecule has 2 aromatic rings. The predicted molar refractivity (Wildman–Crippen MR) is 107 cm³/mol. The number of H-pyrrole nitrogens is 1. The molecule has 6 nitrogen and oxygen atoms in total. The average molecular weight is 357 g/mol. The highest BCUT2D eigenvalue weighted by molar-refractivity contribution is 5.34. The van der Waals surface area contributed by atoms with Crippen molar-refractivity contribution in [3.63, 3.8) is 0 Å². The van der Waals surface area contributed by atoms with Crippen LogP contribution in [-0.4, -0.2) is 46.3 Å². The van der Waals surface area contributed by atoms with Crippen LogP contribution in [0.1, 0.15) is 57.7 Å². The van der Waals surface area contributed by atoms with Crippen molar-refractivity contribution in [3.8, 4) is 0 Å². The second-order valence-corrected chi connectivity index (χ2v) is 8.45. The Hall–Kier alpha value is -2.08. The summed E-state index contributed by atoms with van der Waals surface area (Å²) >= 11 is 0. The predicted octanol–water partition coefficient (Wildman–Crippen LogP) is 3.35. The van der Waals surface area contributed by atoms with Crippen LogP contribution < -0.4 is 10.6 Å². The lowest BCUT2D eigenvalue weighted by molar-refractivity contribution is 0.158. The summed E-state index contributed by atoms with van der Waals surface area (Å²) in [7, 11) is 2.25. The zero-order valence-corrected chi connectivity index (χ0v) is 16.7. The van der Waals surface area contributed by atoms with Crippen LogP contribution >= 0.6 is 0 Å². The van der Waals surface area contributed by atoms with E-state index < -0.39 is 0 Å². The zero-order valence-electron chi connectivity index (χ0n) is 16.7. The molecule has 1 aliphatic heterocycles. The SMILES string of the molecule is CC(c1ccc(C(C)(C)C)cc1)N(C)C1CCN(c2nc(N)n[nH]2)CC1. The van der Waals surface area contributed by atoms with Crippen molar-refractivity contribution < 1.29 is 0 Å². The van der Waals surface area contributed by atoms with Crippen molar-refractivity contribution in [3.05, 3.63) is 35.4 Å². The van der Waals surface area contributed by atoms with Gasteiger partial charge in [-0.2, -0.15) is 4.98 Å². The number of hydrogen-bond acceptors (Lipinski definition) is 5. The van der Waals surface area contributed by atoms with Gasteiger partial charge in [0, 0.05) is 25.2 Å². The van der Waals surface area contributed by atoms with Crippen molar-refractivity contribution in [2.75, 3.05) is 30.8 Å². The molecule has 2 heterocycles. The lowest BCUT2D eigenvalue weighted by atomic mass is 9.86. The topological polar surface area (TPSA) is 74.1 Å². The molecule has 3 rings (SSSR count). The van der Waals surface area contributed by atoms with Crippen LogP contribution in [0.2, 0.25) is 0 Å². The first-order chi connectivity index (χ1) is 12.3. The second-order valence-electron chi connectivity index (χ2n) is 8.45. The quantitative estimate of drug-likeness (QED) is 0.879. The molecule has 26 heavy (non-hydrogen) atoms. The number of nitrogens with two attached hydrogens (primary N) is 1. The third-order valence-electron chi connectivity index (χ3n) is 5.70. The first kappa shape index (κ1) is 18.7. The van der Waals surface area contributed by atoms with Gasteiger partial charge in [0.05, 0.1) is 0 Å². The molecule has 142 valence electrons.